The number of amides is 1. The van der Waals surface area contributed by atoms with Gasteiger partial charge in [-0.1, -0.05) is 47.0 Å². The van der Waals surface area contributed by atoms with Crippen LogP contribution in [0.5, 0.6) is 0 Å². The second-order valence-corrected chi connectivity index (χ2v) is 8.22. The molecule has 1 atom stereocenters. The van der Waals surface area contributed by atoms with E-state index in [1.807, 2.05) is 45.2 Å². The van der Waals surface area contributed by atoms with E-state index in [1.54, 1.807) is 11.8 Å². The molecule has 112 valence electrons. The van der Waals surface area contributed by atoms with Crippen molar-refractivity contribution in [3.63, 3.8) is 0 Å². The normalized spacial score (nSPS) is 12.2. The molecule has 21 heavy (non-hydrogen) atoms. The predicted octanol–water partition coefficient (Wildman–Crippen LogP) is 4.00. The summed E-state index contributed by atoms with van der Waals surface area (Å²) in [7, 11) is 0. The van der Waals surface area contributed by atoms with Gasteiger partial charge in [-0.15, -0.1) is 10.2 Å². The zero-order valence-electron chi connectivity index (χ0n) is 12.3. The molecule has 0 fully saturated rings. The fourth-order valence-electron chi connectivity index (χ4n) is 1.64. The molecular formula is C14H17N3OS3. The van der Waals surface area contributed by atoms with Gasteiger partial charge in [-0.2, -0.15) is 0 Å². The molecule has 2 rings (SSSR count). The van der Waals surface area contributed by atoms with Crippen molar-refractivity contribution in [3.8, 4) is 0 Å². The number of nitrogens with one attached hydrogen (secondary N) is 1. The van der Waals surface area contributed by atoms with E-state index in [1.165, 1.54) is 23.1 Å². The Morgan fingerprint density at radius 3 is 2.67 bits per heavy atom. The van der Waals surface area contributed by atoms with E-state index < -0.39 is 0 Å². The maximum absolute atomic E-state index is 12.3. The van der Waals surface area contributed by atoms with Crippen LogP contribution in [0.1, 0.15) is 18.1 Å². The maximum atomic E-state index is 12.3. The van der Waals surface area contributed by atoms with Crippen molar-refractivity contribution in [2.45, 2.75) is 34.7 Å². The molecule has 0 aliphatic heterocycles. The Bertz CT molecular complexity index is 642. The van der Waals surface area contributed by atoms with Crippen molar-refractivity contribution in [2.24, 2.45) is 0 Å². The molecule has 2 aromatic rings. The standard InChI is InChI=1S/C14H17N3OS3/c1-8-5-6-9(2)11(7-8)15-12(18)10(3)20-14-17-16-13(19-4)21-14/h5-7,10H,1-4H3,(H,15,18)/t10-/m0/s1. The van der Waals surface area contributed by atoms with Crippen LogP contribution in [0.15, 0.2) is 26.9 Å². The van der Waals surface area contributed by atoms with Crippen molar-refractivity contribution in [1.82, 2.24) is 10.2 Å². The van der Waals surface area contributed by atoms with Crippen molar-refractivity contribution in [1.29, 1.82) is 0 Å². The lowest BCUT2D eigenvalue weighted by Gasteiger charge is -2.12. The minimum absolute atomic E-state index is 0.0189. The molecule has 0 spiro atoms. The number of carbonyl (C=O) groups excluding carboxylic acids is 1. The third-order valence-electron chi connectivity index (χ3n) is 2.86. The molecule has 0 radical (unpaired) electrons. The quantitative estimate of drug-likeness (QED) is 0.835. The average molecular weight is 340 g/mol. The van der Waals surface area contributed by atoms with Gasteiger partial charge < -0.3 is 5.32 Å². The van der Waals surface area contributed by atoms with E-state index in [0.717, 1.165) is 25.5 Å². The summed E-state index contributed by atoms with van der Waals surface area (Å²) in [6.07, 6.45) is 1.96. The SMILES string of the molecule is CSc1nnc(S[C@@H](C)C(=O)Nc2cc(C)ccc2C)s1. The van der Waals surface area contributed by atoms with Crippen LogP contribution in [0.2, 0.25) is 0 Å². The summed E-state index contributed by atoms with van der Waals surface area (Å²) in [5.74, 6) is -0.0189. The lowest BCUT2D eigenvalue weighted by Crippen LogP contribution is -2.22. The molecule has 0 aliphatic rings. The molecule has 0 saturated heterocycles. The van der Waals surface area contributed by atoms with Gasteiger partial charge >= 0.3 is 0 Å². The third-order valence-corrected chi connectivity index (χ3v) is 5.94. The van der Waals surface area contributed by atoms with Crippen LogP contribution in [0.3, 0.4) is 0 Å². The first-order valence-corrected chi connectivity index (χ1v) is 9.34. The summed E-state index contributed by atoms with van der Waals surface area (Å²) < 4.78 is 1.74. The smallest absolute Gasteiger partial charge is 0.237 e. The summed E-state index contributed by atoms with van der Waals surface area (Å²) in [6, 6.07) is 6.04. The summed E-state index contributed by atoms with van der Waals surface area (Å²) in [4.78, 5) is 12.3. The lowest BCUT2D eigenvalue weighted by molar-refractivity contribution is -0.115. The zero-order chi connectivity index (χ0) is 15.4. The Kier molecular flexibility index (Phi) is 5.66. The van der Waals surface area contributed by atoms with Gasteiger partial charge in [0, 0.05) is 5.69 Å². The second kappa shape index (κ2) is 7.29. The van der Waals surface area contributed by atoms with Gasteiger partial charge in [-0.05, 0) is 44.2 Å². The van der Waals surface area contributed by atoms with Crippen LogP contribution in [0.4, 0.5) is 5.69 Å². The highest BCUT2D eigenvalue weighted by atomic mass is 32.2. The minimum Gasteiger partial charge on any atom is -0.325 e. The van der Waals surface area contributed by atoms with E-state index in [4.69, 9.17) is 0 Å². The van der Waals surface area contributed by atoms with Crippen LogP contribution in [0, 0.1) is 13.8 Å². The van der Waals surface area contributed by atoms with Crippen LogP contribution in [0.25, 0.3) is 0 Å². The molecule has 4 nitrogen and oxygen atoms in total. The number of thioether (sulfide) groups is 2. The van der Waals surface area contributed by atoms with Crippen molar-refractivity contribution in [2.75, 3.05) is 11.6 Å². The van der Waals surface area contributed by atoms with Gasteiger partial charge in [0.1, 0.15) is 0 Å². The summed E-state index contributed by atoms with van der Waals surface area (Å²) in [5, 5.41) is 10.9. The molecule has 0 aliphatic carbocycles. The van der Waals surface area contributed by atoms with E-state index in [-0.39, 0.29) is 11.2 Å². The van der Waals surface area contributed by atoms with Gasteiger partial charge in [-0.25, -0.2) is 0 Å². The van der Waals surface area contributed by atoms with Crippen LogP contribution < -0.4 is 5.32 Å². The Balaban J connectivity index is 2.00. The third kappa shape index (κ3) is 4.46. The van der Waals surface area contributed by atoms with E-state index in [9.17, 15) is 4.79 Å². The summed E-state index contributed by atoms with van der Waals surface area (Å²) in [5.41, 5.74) is 3.06. The van der Waals surface area contributed by atoms with Gasteiger partial charge in [0.25, 0.3) is 0 Å². The van der Waals surface area contributed by atoms with Crippen LogP contribution in [-0.4, -0.2) is 27.6 Å². The monoisotopic (exact) mass is 339 g/mol. The number of hydrogen-bond acceptors (Lipinski definition) is 6. The largest absolute Gasteiger partial charge is 0.325 e. The number of aryl methyl sites for hydroxylation is 2. The minimum atomic E-state index is -0.215. The maximum Gasteiger partial charge on any atom is 0.237 e. The van der Waals surface area contributed by atoms with Crippen LogP contribution in [-0.2, 0) is 4.79 Å². The summed E-state index contributed by atoms with van der Waals surface area (Å²) in [6.45, 7) is 5.88. The second-order valence-electron chi connectivity index (χ2n) is 4.61. The number of hydrogen-bond donors (Lipinski definition) is 1. The topological polar surface area (TPSA) is 54.9 Å². The average Bonchev–Trinajstić information content (AvgIpc) is 2.90. The molecule has 1 amide bonds. The fraction of sp³-hybridized carbons (Fsp3) is 0.357. The number of anilines is 1. The van der Waals surface area contributed by atoms with E-state index >= 15 is 0 Å². The van der Waals surface area contributed by atoms with Crippen LogP contribution >= 0.6 is 34.9 Å². The number of rotatable bonds is 5. The Morgan fingerprint density at radius 2 is 2.00 bits per heavy atom. The first kappa shape index (κ1) is 16.3. The first-order chi connectivity index (χ1) is 9.99. The molecule has 7 heteroatoms. The molecule has 1 N–H and O–H groups in total. The molecule has 1 aromatic heterocycles. The van der Waals surface area contributed by atoms with Gasteiger partial charge in [0.2, 0.25) is 5.91 Å². The Labute approximate surface area is 137 Å². The highest BCUT2D eigenvalue weighted by molar-refractivity contribution is 8.03. The predicted molar refractivity (Wildman–Crippen MR) is 91.6 cm³/mol. The molecule has 1 aromatic carbocycles. The van der Waals surface area contributed by atoms with Gasteiger partial charge in [0.05, 0.1) is 5.25 Å². The van der Waals surface area contributed by atoms with Gasteiger partial charge in [-0.3, -0.25) is 4.79 Å². The molecule has 0 unspecified atom stereocenters. The van der Waals surface area contributed by atoms with Crippen molar-refractivity contribution < 1.29 is 4.79 Å². The highest BCUT2D eigenvalue weighted by Gasteiger charge is 2.17. The summed E-state index contributed by atoms with van der Waals surface area (Å²) >= 11 is 4.51. The number of nitrogens with zero attached hydrogens (tertiary/aromatic N) is 2. The Morgan fingerprint density at radius 1 is 1.29 bits per heavy atom. The zero-order valence-corrected chi connectivity index (χ0v) is 14.8. The first-order valence-electron chi connectivity index (χ1n) is 6.42. The van der Waals surface area contributed by atoms with Crippen molar-refractivity contribution >= 4 is 46.5 Å². The number of benzene rings is 1. The van der Waals surface area contributed by atoms with E-state index in [2.05, 4.69) is 15.5 Å². The highest BCUT2D eigenvalue weighted by Crippen LogP contribution is 2.30. The Hall–Kier alpha value is -1.05. The fourth-order valence-corrected chi connectivity index (χ4v) is 4.22. The molecular weight excluding hydrogens is 322 g/mol. The number of carbonyl (C=O) groups is 1. The lowest BCUT2D eigenvalue weighted by atomic mass is 10.1. The number of aromatic nitrogens is 2. The van der Waals surface area contributed by atoms with Crippen molar-refractivity contribution in [3.05, 3.63) is 29.3 Å². The van der Waals surface area contributed by atoms with E-state index in [0.29, 0.717) is 0 Å². The van der Waals surface area contributed by atoms with Gasteiger partial charge in [0.15, 0.2) is 8.68 Å². The molecule has 0 saturated carbocycles. The molecule has 1 heterocycles. The molecule has 0 bridgehead atoms.